The number of amides is 1. The monoisotopic (exact) mass is 355 g/mol. The van der Waals surface area contributed by atoms with Gasteiger partial charge >= 0.3 is 0 Å². The zero-order chi connectivity index (χ0) is 18.4. The first-order valence-corrected chi connectivity index (χ1v) is 7.91. The van der Waals surface area contributed by atoms with Crippen LogP contribution in [0.15, 0.2) is 36.5 Å². The molecule has 6 nitrogen and oxygen atoms in total. The van der Waals surface area contributed by atoms with E-state index in [2.05, 4.69) is 15.4 Å². The molecular formula is C18H15F2N5O. The molecule has 4 aromatic rings. The van der Waals surface area contributed by atoms with Crippen LogP contribution in [-0.4, -0.2) is 27.6 Å². The fourth-order valence-electron chi connectivity index (χ4n) is 3.17. The van der Waals surface area contributed by atoms with Gasteiger partial charge < -0.3 is 16.0 Å². The molecule has 4 rings (SSSR count). The number of benzene rings is 2. The SMILES string of the molecule is CNCc1ccc(F)c(-c2cnn3c2[nH]c2cc(F)cc(C(N)=O)c23)c1. The number of H-pyrrole nitrogens is 1. The lowest BCUT2D eigenvalue weighted by Gasteiger charge is -2.05. The Bertz CT molecular complexity index is 1160. The van der Waals surface area contributed by atoms with Crippen molar-refractivity contribution in [2.24, 2.45) is 5.73 Å². The van der Waals surface area contributed by atoms with Crippen molar-refractivity contribution in [3.63, 3.8) is 0 Å². The van der Waals surface area contributed by atoms with Crippen molar-refractivity contribution in [1.29, 1.82) is 0 Å². The first-order chi connectivity index (χ1) is 12.5. The average Bonchev–Trinajstić information content (AvgIpc) is 3.14. The van der Waals surface area contributed by atoms with E-state index in [0.29, 0.717) is 34.4 Å². The fraction of sp³-hybridized carbons (Fsp3) is 0.111. The number of hydrogen-bond acceptors (Lipinski definition) is 3. The highest BCUT2D eigenvalue weighted by Gasteiger charge is 2.19. The van der Waals surface area contributed by atoms with Crippen LogP contribution >= 0.6 is 0 Å². The van der Waals surface area contributed by atoms with Crippen LogP contribution in [0, 0.1) is 11.6 Å². The van der Waals surface area contributed by atoms with Crippen LogP contribution in [0.2, 0.25) is 0 Å². The quantitative estimate of drug-likeness (QED) is 0.526. The normalized spacial score (nSPS) is 11.5. The van der Waals surface area contributed by atoms with E-state index in [1.54, 1.807) is 19.2 Å². The first-order valence-electron chi connectivity index (χ1n) is 7.91. The van der Waals surface area contributed by atoms with Crippen LogP contribution in [0.3, 0.4) is 0 Å². The molecule has 1 amide bonds. The first kappa shape index (κ1) is 16.2. The molecule has 0 fully saturated rings. The molecule has 0 saturated carbocycles. The van der Waals surface area contributed by atoms with Gasteiger partial charge in [-0.1, -0.05) is 6.07 Å². The number of nitrogens with zero attached hydrogens (tertiary/aromatic N) is 2. The summed E-state index contributed by atoms with van der Waals surface area (Å²) in [6.45, 7) is 0.585. The largest absolute Gasteiger partial charge is 0.366 e. The second-order valence-electron chi connectivity index (χ2n) is 6.00. The molecule has 0 spiro atoms. The van der Waals surface area contributed by atoms with Crippen LogP contribution in [-0.2, 0) is 6.54 Å². The number of hydrogen-bond donors (Lipinski definition) is 3. The maximum absolute atomic E-state index is 14.4. The van der Waals surface area contributed by atoms with Crippen molar-refractivity contribution in [3.8, 4) is 11.1 Å². The Kier molecular flexibility index (Phi) is 3.69. The number of carbonyl (C=O) groups excluding carboxylic acids is 1. The van der Waals surface area contributed by atoms with Crippen LogP contribution in [0.25, 0.3) is 27.8 Å². The Morgan fingerprint density at radius 1 is 1.27 bits per heavy atom. The molecule has 0 saturated heterocycles. The predicted molar refractivity (Wildman–Crippen MR) is 93.7 cm³/mol. The third-order valence-electron chi connectivity index (χ3n) is 4.28. The van der Waals surface area contributed by atoms with E-state index in [9.17, 15) is 13.6 Å². The fourth-order valence-corrected chi connectivity index (χ4v) is 3.17. The minimum Gasteiger partial charge on any atom is -0.366 e. The number of carbonyl (C=O) groups is 1. The summed E-state index contributed by atoms with van der Waals surface area (Å²) in [5, 5.41) is 7.26. The van der Waals surface area contributed by atoms with Crippen molar-refractivity contribution in [2.45, 2.75) is 6.54 Å². The molecule has 0 aliphatic heterocycles. The van der Waals surface area contributed by atoms with E-state index in [0.717, 1.165) is 11.6 Å². The molecule has 26 heavy (non-hydrogen) atoms. The topological polar surface area (TPSA) is 88.2 Å². The van der Waals surface area contributed by atoms with E-state index in [1.165, 1.54) is 22.8 Å². The Hall–Kier alpha value is -3.26. The number of nitrogens with two attached hydrogens (primary N) is 1. The lowest BCUT2D eigenvalue weighted by Crippen LogP contribution is -2.12. The highest BCUT2D eigenvalue weighted by atomic mass is 19.1. The van der Waals surface area contributed by atoms with Gasteiger partial charge in [-0.15, -0.1) is 0 Å². The molecule has 0 bridgehead atoms. The molecule has 0 aliphatic rings. The van der Waals surface area contributed by atoms with Gasteiger partial charge in [0.05, 0.1) is 17.3 Å². The van der Waals surface area contributed by atoms with Crippen molar-refractivity contribution in [3.05, 3.63) is 59.3 Å². The van der Waals surface area contributed by atoms with Crippen LogP contribution < -0.4 is 11.1 Å². The van der Waals surface area contributed by atoms with Gasteiger partial charge in [-0.25, -0.2) is 13.3 Å². The average molecular weight is 355 g/mol. The number of aromatic amines is 1. The highest BCUT2D eigenvalue weighted by Crippen LogP contribution is 2.31. The summed E-state index contributed by atoms with van der Waals surface area (Å²) in [5.74, 6) is -1.77. The minimum atomic E-state index is -0.769. The van der Waals surface area contributed by atoms with Gasteiger partial charge in [0.1, 0.15) is 22.8 Å². The van der Waals surface area contributed by atoms with Gasteiger partial charge in [0.25, 0.3) is 5.91 Å². The molecule has 2 heterocycles. The molecule has 4 N–H and O–H groups in total. The lowest BCUT2D eigenvalue weighted by molar-refractivity contribution is 0.100. The van der Waals surface area contributed by atoms with Gasteiger partial charge in [-0.05, 0) is 36.9 Å². The van der Waals surface area contributed by atoms with Crippen molar-refractivity contribution < 1.29 is 13.6 Å². The Balaban J connectivity index is 2.01. The smallest absolute Gasteiger partial charge is 0.251 e. The molecule has 0 atom stereocenters. The molecular weight excluding hydrogens is 340 g/mol. The van der Waals surface area contributed by atoms with E-state index < -0.39 is 17.5 Å². The summed E-state index contributed by atoms with van der Waals surface area (Å²) in [4.78, 5) is 14.7. The molecule has 132 valence electrons. The lowest BCUT2D eigenvalue weighted by atomic mass is 10.0. The third-order valence-corrected chi connectivity index (χ3v) is 4.28. The molecule has 8 heteroatoms. The zero-order valence-corrected chi connectivity index (χ0v) is 13.8. The molecule has 0 aliphatic carbocycles. The summed E-state index contributed by atoms with van der Waals surface area (Å²) >= 11 is 0. The van der Waals surface area contributed by atoms with Gasteiger partial charge in [-0.2, -0.15) is 5.10 Å². The number of rotatable bonds is 4. The number of halogens is 2. The summed E-state index contributed by atoms with van der Waals surface area (Å²) in [5.41, 5.74) is 8.31. The van der Waals surface area contributed by atoms with E-state index in [4.69, 9.17) is 5.73 Å². The standard InChI is InChI=1S/C18H15F2N5O/c1-22-7-9-2-3-14(20)11(4-9)13-8-23-25-16-12(17(21)26)5-10(19)6-15(16)24-18(13)25/h2-6,8,22,24H,7H2,1H3,(H2,21,26). The number of aromatic nitrogens is 3. The highest BCUT2D eigenvalue weighted by molar-refractivity contribution is 6.05. The van der Waals surface area contributed by atoms with E-state index in [1.807, 2.05) is 0 Å². The zero-order valence-electron chi connectivity index (χ0n) is 13.8. The van der Waals surface area contributed by atoms with Crippen LogP contribution in [0.5, 0.6) is 0 Å². The minimum absolute atomic E-state index is 0.00491. The van der Waals surface area contributed by atoms with Gasteiger partial charge in [0.2, 0.25) is 0 Å². The number of nitrogens with one attached hydrogen (secondary N) is 2. The second-order valence-corrected chi connectivity index (χ2v) is 6.00. The Morgan fingerprint density at radius 3 is 2.81 bits per heavy atom. The van der Waals surface area contributed by atoms with Gasteiger partial charge in [0, 0.05) is 17.7 Å². The maximum atomic E-state index is 14.4. The summed E-state index contributed by atoms with van der Waals surface area (Å²) in [6.07, 6.45) is 1.50. The second kappa shape index (κ2) is 5.92. The molecule has 2 aromatic carbocycles. The van der Waals surface area contributed by atoms with Crippen molar-refractivity contribution in [2.75, 3.05) is 7.05 Å². The van der Waals surface area contributed by atoms with Gasteiger partial charge in [-0.3, -0.25) is 4.79 Å². The molecule has 2 aromatic heterocycles. The van der Waals surface area contributed by atoms with Crippen LogP contribution in [0.4, 0.5) is 8.78 Å². The Labute approximate surface area is 146 Å². The number of primary amides is 1. The maximum Gasteiger partial charge on any atom is 0.251 e. The van der Waals surface area contributed by atoms with E-state index in [-0.39, 0.29) is 5.56 Å². The third kappa shape index (κ3) is 2.42. The van der Waals surface area contributed by atoms with Crippen LogP contribution in [0.1, 0.15) is 15.9 Å². The summed E-state index contributed by atoms with van der Waals surface area (Å²) < 4.78 is 29.7. The number of imidazole rings is 1. The summed E-state index contributed by atoms with van der Waals surface area (Å²) in [6, 6.07) is 7.12. The summed E-state index contributed by atoms with van der Waals surface area (Å²) in [7, 11) is 1.80. The molecule has 0 unspecified atom stereocenters. The Morgan fingerprint density at radius 2 is 2.08 bits per heavy atom. The molecule has 0 radical (unpaired) electrons. The predicted octanol–water partition coefficient (Wildman–Crippen LogP) is 2.58. The van der Waals surface area contributed by atoms with Gasteiger partial charge in [0.15, 0.2) is 0 Å². The van der Waals surface area contributed by atoms with E-state index >= 15 is 0 Å². The van der Waals surface area contributed by atoms with Crippen molar-refractivity contribution >= 4 is 22.6 Å². The van der Waals surface area contributed by atoms with Crippen molar-refractivity contribution in [1.82, 2.24) is 19.9 Å². The number of fused-ring (bicyclic) bond motifs is 3.